The highest BCUT2D eigenvalue weighted by Gasteiger charge is 2.58. The average molecular weight is 403 g/mol. The van der Waals surface area contributed by atoms with Gasteiger partial charge in [-0.05, 0) is 19.1 Å². The quantitative estimate of drug-likeness (QED) is 0.768. The zero-order chi connectivity index (χ0) is 20.9. The van der Waals surface area contributed by atoms with Gasteiger partial charge in [0.1, 0.15) is 17.0 Å². The first-order valence-electron chi connectivity index (χ1n) is 7.97. The minimum atomic E-state index is -4.79. The molecule has 12 heteroatoms. The van der Waals surface area contributed by atoms with E-state index in [-0.39, 0.29) is 17.1 Å². The van der Waals surface area contributed by atoms with Crippen LogP contribution in [-0.4, -0.2) is 38.5 Å². The molecule has 150 valence electrons. The third-order valence-corrected chi connectivity index (χ3v) is 4.10. The number of aryl methyl sites for hydroxylation is 2. The lowest BCUT2D eigenvalue weighted by Crippen LogP contribution is -2.30. The van der Waals surface area contributed by atoms with Gasteiger partial charge >= 0.3 is 6.18 Å². The van der Waals surface area contributed by atoms with Crippen molar-refractivity contribution in [2.75, 3.05) is 5.32 Å². The van der Waals surface area contributed by atoms with Crippen LogP contribution in [0.4, 0.5) is 27.6 Å². The highest BCUT2D eigenvalue weighted by atomic mass is 19.4. The van der Waals surface area contributed by atoms with Crippen LogP contribution in [0.25, 0.3) is 0 Å². The molecule has 0 spiro atoms. The lowest BCUT2D eigenvalue weighted by Gasteiger charge is -2.11. The highest BCUT2D eigenvalue weighted by Crippen LogP contribution is 2.41. The fraction of sp³-hybridized carbons (Fsp3) is 0.375. The normalized spacial score (nSPS) is 17.9. The Hall–Kier alpha value is -3.05. The van der Waals surface area contributed by atoms with E-state index in [0.717, 1.165) is 23.9 Å². The monoisotopic (exact) mass is 403 g/mol. The maximum atomic E-state index is 13.2. The van der Waals surface area contributed by atoms with Crippen molar-refractivity contribution >= 4 is 17.5 Å². The van der Waals surface area contributed by atoms with Crippen LogP contribution in [0.5, 0.6) is 0 Å². The number of hydrogen-bond acceptors (Lipinski definition) is 4. The van der Waals surface area contributed by atoms with Crippen molar-refractivity contribution < 1.29 is 31.5 Å². The molecule has 2 amide bonds. The molecule has 0 aromatic carbocycles. The molecule has 2 aromatic heterocycles. The van der Waals surface area contributed by atoms with Crippen LogP contribution in [-0.2, 0) is 13.2 Å². The van der Waals surface area contributed by atoms with E-state index in [1.54, 1.807) is 0 Å². The van der Waals surface area contributed by atoms with Crippen LogP contribution in [0.1, 0.15) is 38.7 Å². The number of nitrogens with one attached hydrogen (secondary N) is 2. The van der Waals surface area contributed by atoms with Crippen molar-refractivity contribution in [1.82, 2.24) is 20.1 Å². The van der Waals surface area contributed by atoms with Crippen LogP contribution in [0.3, 0.4) is 0 Å². The number of nitrogens with zero attached hydrogens (tertiary/aromatic N) is 3. The molecule has 0 bridgehead atoms. The van der Waals surface area contributed by atoms with Gasteiger partial charge in [0.05, 0.1) is 11.7 Å². The standard InChI is InChI=1S/C16H14F5N5O2/c1-7-11(16(19,20)21)12(26(2)25-7)14(28)23-8-3-4-22-9(5-8)13(27)24-10-6-15(10,17)18/h3-5,10H,6H2,1-2H3,(H,24,27)(H,22,23,28). The van der Waals surface area contributed by atoms with Gasteiger partial charge in [0.15, 0.2) is 0 Å². The van der Waals surface area contributed by atoms with Gasteiger partial charge in [0, 0.05) is 25.4 Å². The van der Waals surface area contributed by atoms with E-state index in [2.05, 4.69) is 20.7 Å². The van der Waals surface area contributed by atoms with E-state index in [1.807, 2.05) is 0 Å². The Bertz CT molecular complexity index is 953. The Morgan fingerprint density at radius 3 is 2.50 bits per heavy atom. The second-order valence-electron chi connectivity index (χ2n) is 6.31. The molecule has 0 radical (unpaired) electrons. The van der Waals surface area contributed by atoms with Crippen molar-refractivity contribution in [1.29, 1.82) is 0 Å². The van der Waals surface area contributed by atoms with Gasteiger partial charge in [0.25, 0.3) is 17.7 Å². The number of carbonyl (C=O) groups excluding carboxylic acids is 2. The molecule has 1 fully saturated rings. The Morgan fingerprint density at radius 2 is 1.93 bits per heavy atom. The van der Waals surface area contributed by atoms with Gasteiger partial charge in [-0.2, -0.15) is 18.3 Å². The Balaban J connectivity index is 1.80. The smallest absolute Gasteiger partial charge is 0.342 e. The van der Waals surface area contributed by atoms with Gasteiger partial charge in [-0.25, -0.2) is 8.78 Å². The summed E-state index contributed by atoms with van der Waals surface area (Å²) in [5, 5.41) is 7.95. The van der Waals surface area contributed by atoms with Crippen LogP contribution in [0, 0.1) is 6.92 Å². The van der Waals surface area contributed by atoms with Crippen LogP contribution < -0.4 is 10.6 Å². The summed E-state index contributed by atoms with van der Waals surface area (Å²) in [5.41, 5.74) is -2.53. The summed E-state index contributed by atoms with van der Waals surface area (Å²) in [7, 11) is 1.19. The minimum Gasteiger partial charge on any atom is -0.342 e. The predicted molar refractivity (Wildman–Crippen MR) is 86.0 cm³/mol. The Labute approximate surface area is 154 Å². The summed E-state index contributed by atoms with van der Waals surface area (Å²) >= 11 is 0. The summed E-state index contributed by atoms with van der Waals surface area (Å²) in [5.74, 6) is -4.94. The van der Waals surface area contributed by atoms with Gasteiger partial charge in [-0.15, -0.1) is 0 Å². The second-order valence-corrected chi connectivity index (χ2v) is 6.31. The van der Waals surface area contributed by atoms with Gasteiger partial charge in [-0.3, -0.25) is 19.3 Å². The number of amides is 2. The largest absolute Gasteiger partial charge is 0.420 e. The molecular formula is C16H14F5N5O2. The second kappa shape index (κ2) is 6.53. The zero-order valence-corrected chi connectivity index (χ0v) is 14.6. The molecule has 2 heterocycles. The minimum absolute atomic E-state index is 0.0281. The molecule has 0 aliphatic heterocycles. The van der Waals surface area contributed by atoms with E-state index < -0.39 is 47.6 Å². The maximum Gasteiger partial charge on any atom is 0.420 e. The Morgan fingerprint density at radius 1 is 1.29 bits per heavy atom. The van der Waals surface area contributed by atoms with E-state index in [0.29, 0.717) is 0 Å². The van der Waals surface area contributed by atoms with E-state index >= 15 is 0 Å². The number of halogens is 5. The number of anilines is 1. The molecule has 0 saturated heterocycles. The van der Waals surface area contributed by atoms with E-state index in [4.69, 9.17) is 0 Å². The first-order chi connectivity index (χ1) is 12.9. The van der Waals surface area contributed by atoms with Crippen molar-refractivity contribution in [2.24, 2.45) is 7.05 Å². The number of hydrogen-bond donors (Lipinski definition) is 2. The first-order valence-corrected chi connectivity index (χ1v) is 7.97. The summed E-state index contributed by atoms with van der Waals surface area (Å²) in [6, 6.07) is 1.04. The van der Waals surface area contributed by atoms with E-state index in [9.17, 15) is 31.5 Å². The molecule has 3 rings (SSSR count). The van der Waals surface area contributed by atoms with Crippen molar-refractivity contribution in [3.63, 3.8) is 0 Å². The molecule has 1 aliphatic carbocycles. The Kier molecular flexibility index (Phi) is 4.60. The lowest BCUT2D eigenvalue weighted by atomic mass is 10.1. The molecular weight excluding hydrogens is 389 g/mol. The fourth-order valence-electron chi connectivity index (χ4n) is 2.68. The zero-order valence-electron chi connectivity index (χ0n) is 14.6. The van der Waals surface area contributed by atoms with Crippen LogP contribution in [0.15, 0.2) is 18.3 Å². The molecule has 2 aromatic rings. The van der Waals surface area contributed by atoms with Crippen LogP contribution in [0.2, 0.25) is 0 Å². The SMILES string of the molecule is Cc1nn(C)c(C(=O)Nc2ccnc(C(=O)NC3CC3(F)F)c2)c1C(F)(F)F. The molecule has 1 atom stereocenters. The lowest BCUT2D eigenvalue weighted by molar-refractivity contribution is -0.138. The highest BCUT2D eigenvalue weighted by molar-refractivity contribution is 6.05. The van der Waals surface area contributed by atoms with Gasteiger partial charge in [-0.1, -0.05) is 0 Å². The number of rotatable bonds is 4. The molecule has 7 nitrogen and oxygen atoms in total. The van der Waals surface area contributed by atoms with Crippen molar-refractivity contribution in [3.8, 4) is 0 Å². The summed E-state index contributed by atoms with van der Waals surface area (Å²) in [6.07, 6.45) is -4.15. The fourth-order valence-corrected chi connectivity index (χ4v) is 2.68. The summed E-state index contributed by atoms with van der Waals surface area (Å²) in [4.78, 5) is 28.0. The number of pyridine rings is 1. The number of alkyl halides is 5. The average Bonchev–Trinajstić information content (AvgIpc) is 3.02. The molecule has 28 heavy (non-hydrogen) atoms. The maximum absolute atomic E-state index is 13.2. The first kappa shape index (κ1) is 19.7. The van der Waals surface area contributed by atoms with E-state index in [1.165, 1.54) is 13.1 Å². The molecule has 1 unspecified atom stereocenters. The van der Waals surface area contributed by atoms with Crippen LogP contribution >= 0.6 is 0 Å². The topological polar surface area (TPSA) is 88.9 Å². The number of aromatic nitrogens is 3. The molecule has 2 N–H and O–H groups in total. The summed E-state index contributed by atoms with van der Waals surface area (Å²) in [6.45, 7) is 1.13. The van der Waals surface area contributed by atoms with Gasteiger partial charge < -0.3 is 10.6 Å². The van der Waals surface area contributed by atoms with Crippen molar-refractivity contribution in [3.05, 3.63) is 41.0 Å². The van der Waals surface area contributed by atoms with Crippen molar-refractivity contribution in [2.45, 2.75) is 31.5 Å². The molecule has 1 saturated carbocycles. The third kappa shape index (κ3) is 3.80. The summed E-state index contributed by atoms with van der Waals surface area (Å²) < 4.78 is 66.3. The molecule has 1 aliphatic rings. The van der Waals surface area contributed by atoms with Gasteiger partial charge in [0.2, 0.25) is 0 Å². The predicted octanol–water partition coefficient (Wildman–Crippen LogP) is 2.53. The number of carbonyl (C=O) groups is 2. The third-order valence-electron chi connectivity index (χ3n) is 4.10.